The Kier molecular flexibility index (Phi) is 5.10. The second kappa shape index (κ2) is 7.57. The quantitative estimate of drug-likeness (QED) is 0.653. The van der Waals surface area contributed by atoms with Gasteiger partial charge in [-0.3, -0.25) is 4.79 Å². The Morgan fingerprint density at radius 1 is 0.897 bits per heavy atom. The van der Waals surface area contributed by atoms with Crippen LogP contribution in [0.2, 0.25) is 0 Å². The lowest BCUT2D eigenvalue weighted by molar-refractivity contribution is -0.132. The number of fused-ring (bicyclic) bond motifs is 1. The van der Waals surface area contributed by atoms with Crippen LogP contribution in [0.1, 0.15) is 0 Å². The number of hydrogen-bond donors (Lipinski definition) is 0. The fraction of sp³-hybridized carbons (Fsp3) is 0.250. The Hall–Kier alpha value is -2.78. The summed E-state index contributed by atoms with van der Waals surface area (Å²) in [5, 5.41) is 0.842. The van der Waals surface area contributed by atoms with Crippen molar-refractivity contribution in [2.45, 2.75) is 11.4 Å². The Morgan fingerprint density at radius 3 is 2.24 bits per heavy atom. The lowest BCUT2D eigenvalue weighted by Gasteiger charge is -2.34. The summed E-state index contributed by atoms with van der Waals surface area (Å²) in [6.45, 7) is 0.885. The Labute approximate surface area is 167 Å². The third-order valence-corrected chi connectivity index (χ3v) is 7.00. The molecule has 1 fully saturated rings. The van der Waals surface area contributed by atoms with E-state index in [1.54, 1.807) is 21.7 Å². The van der Waals surface area contributed by atoms with Crippen molar-refractivity contribution >= 4 is 26.8 Å². The molecule has 0 spiro atoms. The van der Waals surface area contributed by atoms with Crippen LogP contribution in [0.25, 0.3) is 10.9 Å². The highest BCUT2D eigenvalue weighted by Gasteiger charge is 2.30. The normalized spacial score (nSPS) is 15.7. The smallest absolute Gasteiger partial charge is 0.243 e. The van der Waals surface area contributed by atoms with Crippen molar-refractivity contribution in [2.75, 3.05) is 26.2 Å². The number of halogens is 2. The number of hydrogen-bond acceptors (Lipinski definition) is 3. The summed E-state index contributed by atoms with van der Waals surface area (Å²) >= 11 is 0. The van der Waals surface area contributed by atoms with Gasteiger partial charge in [0.25, 0.3) is 0 Å². The average Bonchev–Trinajstić information content (AvgIpc) is 3.10. The van der Waals surface area contributed by atoms with Gasteiger partial charge in [-0.05, 0) is 53.9 Å². The lowest BCUT2D eigenvalue weighted by Crippen LogP contribution is -2.51. The molecule has 1 saturated heterocycles. The average molecular weight is 419 g/mol. The molecule has 29 heavy (non-hydrogen) atoms. The zero-order chi connectivity index (χ0) is 20.6. The van der Waals surface area contributed by atoms with Crippen molar-refractivity contribution < 1.29 is 22.0 Å². The fourth-order valence-electron chi connectivity index (χ4n) is 3.47. The van der Waals surface area contributed by atoms with Gasteiger partial charge in [0.15, 0.2) is 0 Å². The van der Waals surface area contributed by atoms with Crippen LogP contribution in [0.5, 0.6) is 0 Å². The van der Waals surface area contributed by atoms with Gasteiger partial charge in [-0.25, -0.2) is 17.2 Å². The van der Waals surface area contributed by atoms with Crippen LogP contribution in [0.15, 0.2) is 59.6 Å². The maximum Gasteiger partial charge on any atom is 0.243 e. The topological polar surface area (TPSA) is 62.6 Å². The van der Waals surface area contributed by atoms with Crippen LogP contribution in [0.3, 0.4) is 0 Å². The maximum atomic E-state index is 13.5. The minimum absolute atomic E-state index is 0.0273. The zero-order valence-electron chi connectivity index (χ0n) is 15.5. The molecule has 3 aromatic rings. The third-order valence-electron chi connectivity index (χ3n) is 5.08. The monoisotopic (exact) mass is 419 g/mol. The van der Waals surface area contributed by atoms with Crippen molar-refractivity contribution in [2.24, 2.45) is 0 Å². The van der Waals surface area contributed by atoms with E-state index in [4.69, 9.17) is 0 Å². The molecule has 0 bridgehead atoms. The van der Waals surface area contributed by atoms with E-state index in [0.717, 1.165) is 17.5 Å². The van der Waals surface area contributed by atoms with Crippen molar-refractivity contribution in [1.29, 1.82) is 0 Å². The summed E-state index contributed by atoms with van der Waals surface area (Å²) in [5.41, 5.74) is 0.635. The second-order valence-electron chi connectivity index (χ2n) is 6.89. The van der Waals surface area contributed by atoms with Crippen molar-refractivity contribution in [3.63, 3.8) is 0 Å². The van der Waals surface area contributed by atoms with Gasteiger partial charge in [0, 0.05) is 32.4 Å². The van der Waals surface area contributed by atoms with Gasteiger partial charge in [-0.15, -0.1) is 0 Å². The van der Waals surface area contributed by atoms with E-state index in [-0.39, 0.29) is 49.3 Å². The summed E-state index contributed by atoms with van der Waals surface area (Å²) in [5.74, 6) is -1.04. The first-order valence-corrected chi connectivity index (χ1v) is 10.6. The SMILES string of the molecule is O=C(Cn1ccc2ccc(F)cc21)N1CCN(S(=O)(=O)c2ccc(F)cc2)CC1. The van der Waals surface area contributed by atoms with E-state index in [1.165, 1.54) is 28.6 Å². The molecule has 1 aliphatic rings. The second-order valence-corrected chi connectivity index (χ2v) is 8.82. The number of carbonyl (C=O) groups is 1. The number of rotatable bonds is 4. The Balaban J connectivity index is 1.42. The highest BCUT2D eigenvalue weighted by atomic mass is 32.2. The molecule has 2 heterocycles. The predicted octanol–water partition coefficient (Wildman–Crippen LogP) is 2.45. The van der Waals surface area contributed by atoms with Gasteiger partial charge in [-0.2, -0.15) is 4.31 Å². The van der Waals surface area contributed by atoms with Crippen LogP contribution >= 0.6 is 0 Å². The van der Waals surface area contributed by atoms with Gasteiger partial charge >= 0.3 is 0 Å². The standard InChI is InChI=1S/C20H19F2N3O3S/c21-16-3-5-18(6-4-16)29(27,28)25-11-9-23(10-12-25)20(26)14-24-8-7-15-1-2-17(22)13-19(15)24/h1-8,13H,9-12,14H2. The Morgan fingerprint density at radius 2 is 1.55 bits per heavy atom. The molecule has 0 aliphatic carbocycles. The zero-order valence-corrected chi connectivity index (χ0v) is 16.3. The minimum atomic E-state index is -3.73. The number of aromatic nitrogens is 1. The summed E-state index contributed by atoms with van der Waals surface area (Å²) in [6, 6.07) is 10.9. The molecule has 0 radical (unpaired) electrons. The van der Waals surface area contributed by atoms with Crippen molar-refractivity contribution in [1.82, 2.24) is 13.8 Å². The van der Waals surface area contributed by atoms with E-state index < -0.39 is 15.8 Å². The summed E-state index contributed by atoms with van der Waals surface area (Å²) in [6.07, 6.45) is 1.73. The van der Waals surface area contributed by atoms with Gasteiger partial charge < -0.3 is 9.47 Å². The number of amides is 1. The van der Waals surface area contributed by atoms with E-state index in [1.807, 2.05) is 6.07 Å². The minimum Gasteiger partial charge on any atom is -0.339 e. The predicted molar refractivity (Wildman–Crippen MR) is 104 cm³/mol. The van der Waals surface area contributed by atoms with Gasteiger partial charge in [0.2, 0.25) is 15.9 Å². The molecular formula is C20H19F2N3O3S. The number of sulfonamides is 1. The first-order valence-electron chi connectivity index (χ1n) is 9.12. The maximum absolute atomic E-state index is 13.5. The molecule has 4 rings (SSSR count). The summed E-state index contributed by atoms with van der Waals surface area (Å²) in [7, 11) is -3.73. The molecule has 152 valence electrons. The van der Waals surface area contributed by atoms with Crippen LogP contribution in [-0.4, -0.2) is 54.3 Å². The number of carbonyl (C=O) groups excluding carboxylic acids is 1. The lowest BCUT2D eigenvalue weighted by atomic mass is 10.2. The van der Waals surface area contributed by atoms with Crippen LogP contribution in [-0.2, 0) is 21.4 Å². The van der Waals surface area contributed by atoms with E-state index in [2.05, 4.69) is 0 Å². The largest absolute Gasteiger partial charge is 0.339 e. The van der Waals surface area contributed by atoms with E-state index >= 15 is 0 Å². The first kappa shape index (κ1) is 19.5. The molecule has 0 saturated carbocycles. The van der Waals surface area contributed by atoms with Gasteiger partial charge in [0.05, 0.1) is 10.4 Å². The third kappa shape index (κ3) is 3.88. The molecule has 6 nitrogen and oxygen atoms in total. The van der Waals surface area contributed by atoms with Crippen molar-refractivity contribution in [3.8, 4) is 0 Å². The molecule has 1 aliphatic heterocycles. The van der Waals surface area contributed by atoms with Crippen LogP contribution in [0, 0.1) is 11.6 Å². The summed E-state index contributed by atoms with van der Waals surface area (Å²) < 4.78 is 54.9. The number of nitrogens with zero attached hydrogens (tertiary/aromatic N) is 3. The highest BCUT2D eigenvalue weighted by Crippen LogP contribution is 2.20. The van der Waals surface area contributed by atoms with E-state index in [0.29, 0.717) is 5.52 Å². The molecule has 1 amide bonds. The fourth-order valence-corrected chi connectivity index (χ4v) is 4.90. The summed E-state index contributed by atoms with van der Waals surface area (Å²) in [4.78, 5) is 14.3. The van der Waals surface area contributed by atoms with Crippen LogP contribution in [0.4, 0.5) is 8.78 Å². The first-order chi connectivity index (χ1) is 13.8. The molecule has 0 N–H and O–H groups in total. The molecule has 0 unspecified atom stereocenters. The Bertz CT molecular complexity index is 1150. The van der Waals surface area contributed by atoms with Crippen LogP contribution < -0.4 is 0 Å². The molecule has 0 atom stereocenters. The molecule has 2 aromatic carbocycles. The molecular weight excluding hydrogens is 400 g/mol. The van der Waals surface area contributed by atoms with Gasteiger partial charge in [-0.1, -0.05) is 0 Å². The highest BCUT2D eigenvalue weighted by molar-refractivity contribution is 7.89. The number of benzene rings is 2. The van der Waals surface area contributed by atoms with Crippen molar-refractivity contribution in [3.05, 3.63) is 66.4 Å². The van der Waals surface area contributed by atoms with Gasteiger partial charge in [0.1, 0.15) is 18.2 Å². The number of piperazine rings is 1. The molecule has 1 aromatic heterocycles. The van der Waals surface area contributed by atoms with E-state index in [9.17, 15) is 22.0 Å². The molecule has 9 heteroatoms.